The zero-order valence-corrected chi connectivity index (χ0v) is 12.8. The second kappa shape index (κ2) is 5.47. The van der Waals surface area contributed by atoms with E-state index >= 15 is 0 Å². The summed E-state index contributed by atoms with van der Waals surface area (Å²) >= 11 is 3.37. The van der Waals surface area contributed by atoms with Crippen LogP contribution in [0.2, 0.25) is 0 Å². The van der Waals surface area contributed by atoms with Gasteiger partial charge >= 0.3 is 0 Å². The van der Waals surface area contributed by atoms with Crippen LogP contribution >= 0.6 is 15.9 Å². The Morgan fingerprint density at radius 3 is 3.05 bits per heavy atom. The molecule has 6 nitrogen and oxygen atoms in total. The van der Waals surface area contributed by atoms with Gasteiger partial charge in [-0.15, -0.1) is 0 Å². The van der Waals surface area contributed by atoms with Gasteiger partial charge < -0.3 is 10.0 Å². The molecule has 0 saturated carbocycles. The van der Waals surface area contributed by atoms with Crippen LogP contribution in [-0.4, -0.2) is 33.6 Å². The molecule has 1 fully saturated rings. The smallest absolute Gasteiger partial charge is 0.127 e. The molecule has 0 spiro atoms. The standard InChI is InChI=1S/C14H14BrN5O/c15-11-2-3-12(10(6-11)7-16)20-5-1-4-14(21,9-20)13-8-17-19-18-13/h2-3,6,8,21H,1,4-5,9H2,(H,17,18,19). The van der Waals surface area contributed by atoms with Crippen LogP contribution in [0.3, 0.4) is 0 Å². The SMILES string of the molecule is N#Cc1cc(Br)ccc1N1CCCC(O)(c2cn[nH]n2)C1. The Kier molecular flexibility index (Phi) is 3.66. The molecule has 1 saturated heterocycles. The van der Waals surface area contributed by atoms with Crippen LogP contribution in [0.15, 0.2) is 28.9 Å². The molecule has 108 valence electrons. The van der Waals surface area contributed by atoms with Crippen molar-refractivity contribution in [2.75, 3.05) is 18.0 Å². The molecular formula is C14H14BrN5O. The number of aromatic amines is 1. The number of nitriles is 1. The minimum absolute atomic E-state index is 0.399. The normalized spacial score (nSPS) is 22.0. The molecule has 3 rings (SSSR count). The largest absolute Gasteiger partial charge is 0.382 e. The summed E-state index contributed by atoms with van der Waals surface area (Å²) in [5.41, 5.74) is 0.935. The van der Waals surface area contributed by atoms with Crippen molar-refractivity contribution in [2.45, 2.75) is 18.4 Å². The lowest BCUT2D eigenvalue weighted by molar-refractivity contribution is 0.0177. The summed E-state index contributed by atoms with van der Waals surface area (Å²) in [6, 6.07) is 7.80. The molecule has 2 N–H and O–H groups in total. The Morgan fingerprint density at radius 2 is 2.33 bits per heavy atom. The third-order valence-electron chi connectivity index (χ3n) is 3.78. The maximum absolute atomic E-state index is 10.8. The van der Waals surface area contributed by atoms with Gasteiger partial charge in [-0.05, 0) is 31.0 Å². The highest BCUT2D eigenvalue weighted by atomic mass is 79.9. The number of anilines is 1. The molecule has 1 unspecified atom stereocenters. The summed E-state index contributed by atoms with van der Waals surface area (Å²) in [4.78, 5) is 2.03. The number of nitrogens with one attached hydrogen (secondary N) is 1. The number of halogens is 1. The number of aromatic nitrogens is 3. The molecule has 1 aromatic heterocycles. The van der Waals surface area contributed by atoms with Crippen LogP contribution in [0.5, 0.6) is 0 Å². The van der Waals surface area contributed by atoms with Crippen LogP contribution in [0, 0.1) is 11.3 Å². The minimum atomic E-state index is -1.04. The first-order chi connectivity index (χ1) is 10.1. The van der Waals surface area contributed by atoms with E-state index in [0.29, 0.717) is 24.2 Å². The Bertz CT molecular complexity index is 681. The van der Waals surface area contributed by atoms with E-state index in [4.69, 9.17) is 0 Å². The number of hydrogen-bond donors (Lipinski definition) is 2. The molecule has 21 heavy (non-hydrogen) atoms. The number of β-amino-alcohol motifs (C(OH)–C–C–N with tert-alkyl or cyclic N) is 1. The number of hydrogen-bond acceptors (Lipinski definition) is 5. The van der Waals surface area contributed by atoms with Gasteiger partial charge in [0, 0.05) is 11.0 Å². The first-order valence-electron chi connectivity index (χ1n) is 6.66. The molecule has 1 aliphatic rings. The third-order valence-corrected chi connectivity index (χ3v) is 4.28. The molecular weight excluding hydrogens is 334 g/mol. The highest BCUT2D eigenvalue weighted by Crippen LogP contribution is 2.34. The first kappa shape index (κ1) is 14.0. The van der Waals surface area contributed by atoms with Crippen molar-refractivity contribution in [3.63, 3.8) is 0 Å². The number of rotatable bonds is 2. The van der Waals surface area contributed by atoms with Crippen molar-refractivity contribution in [3.05, 3.63) is 40.1 Å². The topological polar surface area (TPSA) is 88.8 Å². The van der Waals surface area contributed by atoms with Gasteiger partial charge in [0.2, 0.25) is 0 Å². The molecule has 1 aromatic carbocycles. The molecule has 0 radical (unpaired) electrons. The number of H-pyrrole nitrogens is 1. The second-order valence-corrected chi connectivity index (χ2v) is 6.10. The predicted octanol–water partition coefficient (Wildman–Crippen LogP) is 1.93. The van der Waals surface area contributed by atoms with Crippen molar-refractivity contribution in [2.24, 2.45) is 0 Å². The highest BCUT2D eigenvalue weighted by molar-refractivity contribution is 9.10. The molecule has 0 bridgehead atoms. The fourth-order valence-corrected chi connectivity index (χ4v) is 3.11. The average molecular weight is 348 g/mol. The highest BCUT2D eigenvalue weighted by Gasteiger charge is 2.37. The molecule has 7 heteroatoms. The van der Waals surface area contributed by atoms with E-state index in [9.17, 15) is 10.4 Å². The van der Waals surface area contributed by atoms with Crippen molar-refractivity contribution in [3.8, 4) is 6.07 Å². The summed E-state index contributed by atoms with van der Waals surface area (Å²) in [5.74, 6) is 0. The number of nitrogens with zero attached hydrogens (tertiary/aromatic N) is 4. The van der Waals surface area contributed by atoms with E-state index in [1.807, 2.05) is 17.0 Å². The number of benzene rings is 1. The average Bonchev–Trinajstić information content (AvgIpc) is 3.02. The molecule has 1 aliphatic heterocycles. The lowest BCUT2D eigenvalue weighted by Gasteiger charge is -2.39. The van der Waals surface area contributed by atoms with Crippen molar-refractivity contribution < 1.29 is 5.11 Å². The van der Waals surface area contributed by atoms with Gasteiger partial charge in [-0.3, -0.25) is 0 Å². The summed E-state index contributed by atoms with van der Waals surface area (Å²) in [5, 5.41) is 30.4. The molecule has 0 aliphatic carbocycles. The fourth-order valence-electron chi connectivity index (χ4n) is 2.75. The number of aliphatic hydroxyl groups is 1. The van der Waals surface area contributed by atoms with Gasteiger partial charge in [-0.25, -0.2) is 0 Å². The van der Waals surface area contributed by atoms with Crippen LogP contribution < -0.4 is 4.90 Å². The predicted molar refractivity (Wildman–Crippen MR) is 80.6 cm³/mol. The van der Waals surface area contributed by atoms with E-state index in [2.05, 4.69) is 37.4 Å². The first-order valence-corrected chi connectivity index (χ1v) is 7.45. The van der Waals surface area contributed by atoms with Crippen LogP contribution in [0.4, 0.5) is 5.69 Å². The van der Waals surface area contributed by atoms with Gasteiger partial charge in [-0.1, -0.05) is 15.9 Å². The van der Waals surface area contributed by atoms with E-state index in [-0.39, 0.29) is 0 Å². The fraction of sp³-hybridized carbons (Fsp3) is 0.357. The van der Waals surface area contributed by atoms with Gasteiger partial charge in [0.15, 0.2) is 0 Å². The lowest BCUT2D eigenvalue weighted by atomic mass is 9.89. The van der Waals surface area contributed by atoms with Crippen molar-refractivity contribution in [1.29, 1.82) is 5.26 Å². The molecule has 2 aromatic rings. The summed E-state index contributed by atoms with van der Waals surface area (Å²) in [7, 11) is 0. The quantitative estimate of drug-likeness (QED) is 0.866. The minimum Gasteiger partial charge on any atom is -0.382 e. The van der Waals surface area contributed by atoms with Gasteiger partial charge in [0.1, 0.15) is 17.4 Å². The zero-order chi connectivity index (χ0) is 14.9. The maximum Gasteiger partial charge on any atom is 0.127 e. The second-order valence-electron chi connectivity index (χ2n) is 5.19. The van der Waals surface area contributed by atoms with E-state index in [1.54, 1.807) is 12.3 Å². The third kappa shape index (κ3) is 2.64. The van der Waals surface area contributed by atoms with Gasteiger partial charge in [0.25, 0.3) is 0 Å². The zero-order valence-electron chi connectivity index (χ0n) is 11.3. The van der Waals surface area contributed by atoms with Crippen LogP contribution in [0.1, 0.15) is 24.1 Å². The van der Waals surface area contributed by atoms with Crippen LogP contribution in [-0.2, 0) is 5.60 Å². The monoisotopic (exact) mass is 347 g/mol. The molecule has 1 atom stereocenters. The van der Waals surface area contributed by atoms with Gasteiger partial charge in [0.05, 0.1) is 24.0 Å². The summed E-state index contributed by atoms with van der Waals surface area (Å²) < 4.78 is 0.867. The van der Waals surface area contributed by atoms with Crippen molar-refractivity contribution >= 4 is 21.6 Å². The summed E-state index contributed by atoms with van der Waals surface area (Å²) in [6.45, 7) is 1.20. The summed E-state index contributed by atoms with van der Waals surface area (Å²) in [6.07, 6.45) is 3.01. The van der Waals surface area contributed by atoms with Crippen molar-refractivity contribution in [1.82, 2.24) is 15.4 Å². The Morgan fingerprint density at radius 1 is 1.48 bits per heavy atom. The number of piperidine rings is 1. The van der Waals surface area contributed by atoms with Crippen LogP contribution in [0.25, 0.3) is 0 Å². The molecule has 0 amide bonds. The lowest BCUT2D eigenvalue weighted by Crippen LogP contribution is -2.46. The Balaban J connectivity index is 1.92. The maximum atomic E-state index is 10.8. The van der Waals surface area contributed by atoms with E-state index in [0.717, 1.165) is 23.1 Å². The van der Waals surface area contributed by atoms with E-state index in [1.165, 1.54) is 0 Å². The Labute approximate surface area is 130 Å². The molecule has 2 heterocycles. The van der Waals surface area contributed by atoms with E-state index < -0.39 is 5.60 Å². The Hall–Kier alpha value is -1.91. The van der Waals surface area contributed by atoms with Gasteiger partial charge in [-0.2, -0.15) is 20.7 Å².